The van der Waals surface area contributed by atoms with E-state index in [0.717, 1.165) is 11.1 Å². The predicted molar refractivity (Wildman–Crippen MR) is 140 cm³/mol. The summed E-state index contributed by atoms with van der Waals surface area (Å²) in [5, 5.41) is 14.5. The zero-order valence-electron chi connectivity index (χ0n) is 20.6. The summed E-state index contributed by atoms with van der Waals surface area (Å²) < 4.78 is 10.7. The first-order chi connectivity index (χ1) is 17.8. The Morgan fingerprint density at radius 2 is 1.78 bits per heavy atom. The van der Waals surface area contributed by atoms with Gasteiger partial charge in [0.15, 0.2) is 6.61 Å². The molecule has 3 rings (SSSR count). The number of carbonyl (C=O) groups is 2. The Morgan fingerprint density at radius 1 is 1.05 bits per heavy atom. The molecule has 0 heterocycles. The van der Waals surface area contributed by atoms with Crippen molar-refractivity contribution >= 4 is 29.1 Å². The maximum Gasteiger partial charge on any atom is 0.311 e. The summed E-state index contributed by atoms with van der Waals surface area (Å²) >= 11 is 6.17. The highest BCUT2D eigenvalue weighted by atomic mass is 35.5. The number of ether oxygens (including phenoxy) is 2. The molecule has 0 fully saturated rings. The molecule has 1 unspecified atom stereocenters. The molecular formula is C27H28ClN3O6. The Labute approximate surface area is 220 Å². The second-order valence-electron chi connectivity index (χ2n) is 8.13. The highest BCUT2D eigenvalue weighted by molar-refractivity contribution is 6.30. The highest BCUT2D eigenvalue weighted by Gasteiger charge is 2.30. The van der Waals surface area contributed by atoms with E-state index in [1.807, 2.05) is 43.3 Å². The maximum atomic E-state index is 13.5. The van der Waals surface area contributed by atoms with Gasteiger partial charge < -0.3 is 19.7 Å². The van der Waals surface area contributed by atoms with Gasteiger partial charge in [-0.05, 0) is 36.2 Å². The van der Waals surface area contributed by atoms with Crippen molar-refractivity contribution in [3.05, 3.63) is 99.1 Å². The molecule has 1 N–H and O–H groups in total. The molecule has 2 amide bonds. The van der Waals surface area contributed by atoms with Crippen molar-refractivity contribution in [1.29, 1.82) is 0 Å². The number of rotatable bonds is 12. The molecule has 0 radical (unpaired) electrons. The summed E-state index contributed by atoms with van der Waals surface area (Å²) in [5.41, 5.74) is 1.42. The summed E-state index contributed by atoms with van der Waals surface area (Å²) in [5.74, 6) is -0.505. The SMILES string of the molecule is CCNC(=O)C(Cc1ccccc1)N(Cc1cccc(Cl)c1)C(=O)COc1ccc([N+](=O)[O-])c(OC)c1. The van der Waals surface area contributed by atoms with Crippen LogP contribution in [0.5, 0.6) is 11.5 Å². The fourth-order valence-corrected chi connectivity index (χ4v) is 4.02. The molecule has 0 saturated heterocycles. The Bertz CT molecular complexity index is 1240. The number of amides is 2. The first kappa shape index (κ1) is 27.5. The lowest BCUT2D eigenvalue weighted by Gasteiger charge is -2.31. The van der Waals surface area contributed by atoms with E-state index >= 15 is 0 Å². The lowest BCUT2D eigenvalue weighted by Crippen LogP contribution is -2.51. The number of methoxy groups -OCH3 is 1. The third-order valence-electron chi connectivity index (χ3n) is 5.57. The van der Waals surface area contributed by atoms with Crippen molar-refractivity contribution in [2.45, 2.75) is 25.9 Å². The van der Waals surface area contributed by atoms with Gasteiger partial charge in [-0.1, -0.05) is 54.1 Å². The molecule has 0 aliphatic carbocycles. The molecule has 0 bridgehead atoms. The number of nitrogens with zero attached hydrogens (tertiary/aromatic N) is 2. The van der Waals surface area contributed by atoms with Crippen LogP contribution >= 0.6 is 11.6 Å². The van der Waals surface area contributed by atoms with E-state index in [1.54, 1.807) is 18.2 Å². The standard InChI is InChI=1S/C27H28ClN3O6/c1-3-29-27(33)24(15-19-8-5-4-6-9-19)30(17-20-10-7-11-21(28)14-20)26(32)18-37-22-12-13-23(31(34)35)25(16-22)36-2/h4-14,16,24H,3,15,17-18H2,1-2H3,(H,29,33). The smallest absolute Gasteiger partial charge is 0.311 e. The summed E-state index contributed by atoms with van der Waals surface area (Å²) in [4.78, 5) is 38.7. The van der Waals surface area contributed by atoms with Gasteiger partial charge in [0.2, 0.25) is 11.7 Å². The molecule has 3 aromatic rings. The highest BCUT2D eigenvalue weighted by Crippen LogP contribution is 2.31. The Hall–Kier alpha value is -4.11. The van der Waals surface area contributed by atoms with E-state index in [9.17, 15) is 19.7 Å². The van der Waals surface area contributed by atoms with Crippen molar-refractivity contribution in [2.24, 2.45) is 0 Å². The van der Waals surface area contributed by atoms with Crippen molar-refractivity contribution in [1.82, 2.24) is 10.2 Å². The summed E-state index contributed by atoms with van der Waals surface area (Å²) in [6.07, 6.45) is 0.296. The molecule has 37 heavy (non-hydrogen) atoms. The van der Waals surface area contributed by atoms with Crippen LogP contribution in [0.3, 0.4) is 0 Å². The van der Waals surface area contributed by atoms with E-state index in [-0.39, 0.29) is 29.6 Å². The Balaban J connectivity index is 1.89. The molecule has 0 spiro atoms. The number of carbonyl (C=O) groups excluding carboxylic acids is 2. The quantitative estimate of drug-likeness (QED) is 0.277. The number of nitro benzene ring substituents is 1. The van der Waals surface area contributed by atoms with Crippen LogP contribution in [0.25, 0.3) is 0 Å². The summed E-state index contributed by atoms with van der Waals surface area (Å²) in [6, 6.07) is 19.7. The van der Waals surface area contributed by atoms with Crippen LogP contribution in [0.1, 0.15) is 18.1 Å². The van der Waals surface area contributed by atoms with Gasteiger partial charge in [-0.25, -0.2) is 0 Å². The van der Waals surface area contributed by atoms with Crippen molar-refractivity contribution < 1.29 is 24.0 Å². The lowest BCUT2D eigenvalue weighted by atomic mass is 10.0. The number of nitrogens with one attached hydrogen (secondary N) is 1. The first-order valence-electron chi connectivity index (χ1n) is 11.6. The van der Waals surface area contributed by atoms with Gasteiger partial charge in [0.05, 0.1) is 12.0 Å². The minimum atomic E-state index is -0.816. The zero-order chi connectivity index (χ0) is 26.8. The monoisotopic (exact) mass is 525 g/mol. The molecule has 10 heteroatoms. The third kappa shape index (κ3) is 7.68. The number of hydrogen-bond acceptors (Lipinski definition) is 6. The van der Waals surface area contributed by atoms with Crippen molar-refractivity contribution in [3.63, 3.8) is 0 Å². The van der Waals surface area contributed by atoms with E-state index in [4.69, 9.17) is 21.1 Å². The minimum absolute atomic E-state index is 0.00927. The number of benzene rings is 3. The number of nitro groups is 1. The van der Waals surface area contributed by atoms with Gasteiger partial charge in [0.25, 0.3) is 5.91 Å². The number of hydrogen-bond donors (Lipinski definition) is 1. The molecule has 0 saturated carbocycles. The van der Waals surface area contributed by atoms with Gasteiger partial charge in [0, 0.05) is 36.7 Å². The van der Waals surface area contributed by atoms with Crippen LogP contribution in [0.2, 0.25) is 5.02 Å². The second kappa shape index (κ2) is 13.3. The van der Waals surface area contributed by atoms with Gasteiger partial charge in [-0.15, -0.1) is 0 Å². The molecule has 0 aliphatic rings. The van der Waals surface area contributed by atoms with E-state index in [0.29, 0.717) is 18.0 Å². The zero-order valence-corrected chi connectivity index (χ0v) is 21.3. The number of halogens is 1. The Kier molecular flexibility index (Phi) is 9.85. The fraction of sp³-hybridized carbons (Fsp3) is 0.259. The van der Waals surface area contributed by atoms with E-state index in [2.05, 4.69) is 5.32 Å². The molecule has 194 valence electrons. The lowest BCUT2D eigenvalue weighted by molar-refractivity contribution is -0.385. The van der Waals surface area contributed by atoms with Crippen LogP contribution in [0.4, 0.5) is 5.69 Å². The van der Waals surface area contributed by atoms with Crippen LogP contribution in [-0.2, 0) is 22.6 Å². The molecule has 0 aromatic heterocycles. The van der Waals surface area contributed by atoms with Gasteiger partial charge in [0.1, 0.15) is 11.8 Å². The molecule has 1 atom stereocenters. The molecular weight excluding hydrogens is 498 g/mol. The molecule has 9 nitrogen and oxygen atoms in total. The van der Waals surface area contributed by atoms with Crippen LogP contribution < -0.4 is 14.8 Å². The normalized spacial score (nSPS) is 11.3. The number of likely N-dealkylation sites (N-methyl/N-ethyl adjacent to an activating group) is 1. The van der Waals surface area contributed by atoms with Gasteiger partial charge in [-0.3, -0.25) is 19.7 Å². The van der Waals surface area contributed by atoms with E-state index in [1.165, 1.54) is 30.2 Å². The average Bonchev–Trinajstić information content (AvgIpc) is 2.89. The average molecular weight is 526 g/mol. The van der Waals surface area contributed by atoms with Crippen LogP contribution in [0, 0.1) is 10.1 Å². The summed E-state index contributed by atoms with van der Waals surface area (Å²) in [7, 11) is 1.31. The predicted octanol–water partition coefficient (Wildman–Crippen LogP) is 4.41. The van der Waals surface area contributed by atoms with E-state index < -0.39 is 23.5 Å². The van der Waals surface area contributed by atoms with Crippen molar-refractivity contribution in [2.75, 3.05) is 20.3 Å². The summed E-state index contributed by atoms with van der Waals surface area (Å²) in [6.45, 7) is 1.95. The minimum Gasteiger partial charge on any atom is -0.490 e. The van der Waals surface area contributed by atoms with Gasteiger partial charge in [-0.2, -0.15) is 0 Å². The fourth-order valence-electron chi connectivity index (χ4n) is 3.80. The third-order valence-corrected chi connectivity index (χ3v) is 5.81. The largest absolute Gasteiger partial charge is 0.490 e. The molecule has 3 aromatic carbocycles. The topological polar surface area (TPSA) is 111 Å². The van der Waals surface area contributed by atoms with Gasteiger partial charge >= 0.3 is 5.69 Å². The van der Waals surface area contributed by atoms with Crippen LogP contribution in [0.15, 0.2) is 72.8 Å². The van der Waals surface area contributed by atoms with Crippen molar-refractivity contribution in [3.8, 4) is 11.5 Å². The molecule has 0 aliphatic heterocycles. The maximum absolute atomic E-state index is 13.5. The first-order valence-corrected chi connectivity index (χ1v) is 12.0. The van der Waals surface area contributed by atoms with Crippen LogP contribution in [-0.4, -0.2) is 47.9 Å². The second-order valence-corrected chi connectivity index (χ2v) is 8.57. The Morgan fingerprint density at radius 3 is 2.43 bits per heavy atom.